The van der Waals surface area contributed by atoms with E-state index in [4.69, 9.17) is 0 Å². The highest BCUT2D eigenvalue weighted by atomic mass is 14.2. The third-order valence-corrected chi connectivity index (χ3v) is 4.75. The highest BCUT2D eigenvalue weighted by Gasteiger charge is 2.32. The van der Waals surface area contributed by atoms with Gasteiger partial charge in [-0.2, -0.15) is 0 Å². The monoisotopic (exact) mass is 282 g/mol. The summed E-state index contributed by atoms with van der Waals surface area (Å²) in [5.74, 6) is 0.563. The summed E-state index contributed by atoms with van der Waals surface area (Å²) in [6, 6.07) is 26.7. The van der Waals surface area contributed by atoms with Crippen LogP contribution in [0.4, 0.5) is 0 Å². The first-order chi connectivity index (χ1) is 10.8. The second kappa shape index (κ2) is 5.17. The van der Waals surface area contributed by atoms with Crippen molar-refractivity contribution in [2.24, 2.45) is 0 Å². The molecule has 0 fully saturated rings. The average molecular weight is 282 g/mol. The summed E-state index contributed by atoms with van der Waals surface area (Å²) in [5.41, 5.74) is 8.49. The SMILES string of the molecule is CC(C)c1ccc2c(c1)-c1ccccc1B2c1ccccc1. The molecule has 0 unspecified atom stereocenters. The minimum Gasteiger partial charge on any atom is -0.0686 e. The van der Waals surface area contributed by atoms with Gasteiger partial charge < -0.3 is 0 Å². The quantitative estimate of drug-likeness (QED) is 0.495. The smallest absolute Gasteiger partial charge is 0.0686 e. The maximum Gasteiger partial charge on any atom is 0.242 e. The van der Waals surface area contributed by atoms with Gasteiger partial charge in [-0.25, -0.2) is 0 Å². The maximum atomic E-state index is 2.39. The molecular weight excluding hydrogens is 263 g/mol. The molecule has 0 spiro atoms. The third kappa shape index (κ3) is 2.01. The summed E-state index contributed by atoms with van der Waals surface area (Å²) in [6.45, 7) is 4.89. The van der Waals surface area contributed by atoms with Gasteiger partial charge in [0.05, 0.1) is 0 Å². The fourth-order valence-electron chi connectivity index (χ4n) is 3.58. The molecule has 1 aliphatic heterocycles. The van der Waals surface area contributed by atoms with E-state index in [-0.39, 0.29) is 0 Å². The Balaban J connectivity index is 1.96. The minimum atomic E-state index is 0.369. The summed E-state index contributed by atoms with van der Waals surface area (Å²) >= 11 is 0. The lowest BCUT2D eigenvalue weighted by molar-refractivity contribution is 0.868. The first-order valence-corrected chi connectivity index (χ1v) is 8.04. The molecule has 3 aromatic rings. The Morgan fingerprint density at radius 3 is 2.14 bits per heavy atom. The Kier molecular flexibility index (Phi) is 3.15. The van der Waals surface area contributed by atoms with E-state index >= 15 is 0 Å². The van der Waals surface area contributed by atoms with Crippen LogP contribution in [0.25, 0.3) is 11.1 Å². The molecule has 0 amide bonds. The molecule has 1 heteroatoms. The minimum absolute atomic E-state index is 0.369. The molecule has 0 bridgehead atoms. The first-order valence-electron chi connectivity index (χ1n) is 8.04. The van der Waals surface area contributed by atoms with Crippen molar-refractivity contribution in [3.8, 4) is 11.1 Å². The molecule has 1 aliphatic rings. The third-order valence-electron chi connectivity index (χ3n) is 4.75. The standard InChI is InChI=1S/C21H19B/c1-15(2)16-12-13-21-19(14-16)18-10-6-7-11-20(18)22(21)17-8-4-3-5-9-17/h3-15H,1-2H3. The van der Waals surface area contributed by atoms with Crippen LogP contribution in [0.1, 0.15) is 25.3 Å². The molecule has 0 saturated heterocycles. The van der Waals surface area contributed by atoms with Gasteiger partial charge in [-0.15, -0.1) is 0 Å². The number of benzene rings is 3. The van der Waals surface area contributed by atoms with Crippen molar-refractivity contribution in [1.29, 1.82) is 0 Å². The van der Waals surface area contributed by atoms with Gasteiger partial charge in [0.15, 0.2) is 0 Å². The number of rotatable bonds is 2. The molecule has 0 radical (unpaired) electrons. The molecule has 22 heavy (non-hydrogen) atoms. The lowest BCUT2D eigenvalue weighted by Crippen LogP contribution is -2.48. The largest absolute Gasteiger partial charge is 0.242 e. The molecule has 0 nitrogen and oxygen atoms in total. The van der Waals surface area contributed by atoms with Crippen LogP contribution in [-0.2, 0) is 0 Å². The summed E-state index contributed by atoms with van der Waals surface area (Å²) in [5, 5.41) is 0. The van der Waals surface area contributed by atoms with Crippen LogP contribution in [-0.4, -0.2) is 6.71 Å². The lowest BCUT2D eigenvalue weighted by Gasteiger charge is -2.12. The number of hydrogen-bond acceptors (Lipinski definition) is 0. The van der Waals surface area contributed by atoms with E-state index in [1.807, 2.05) is 0 Å². The fourth-order valence-corrected chi connectivity index (χ4v) is 3.58. The van der Waals surface area contributed by atoms with Gasteiger partial charge in [0.25, 0.3) is 0 Å². The van der Waals surface area contributed by atoms with Gasteiger partial charge in [0.1, 0.15) is 0 Å². The van der Waals surface area contributed by atoms with Crippen LogP contribution in [0.5, 0.6) is 0 Å². The first kappa shape index (κ1) is 13.4. The van der Waals surface area contributed by atoms with Crippen LogP contribution in [0.2, 0.25) is 0 Å². The topological polar surface area (TPSA) is 0 Å². The summed E-state index contributed by atoms with van der Waals surface area (Å²) in [4.78, 5) is 0. The summed E-state index contributed by atoms with van der Waals surface area (Å²) < 4.78 is 0. The number of fused-ring (bicyclic) bond motifs is 3. The van der Waals surface area contributed by atoms with Crippen molar-refractivity contribution in [2.45, 2.75) is 19.8 Å². The van der Waals surface area contributed by atoms with E-state index in [9.17, 15) is 0 Å². The molecule has 0 aromatic heterocycles. The van der Waals surface area contributed by atoms with E-state index in [2.05, 4.69) is 86.6 Å². The van der Waals surface area contributed by atoms with Gasteiger partial charge in [-0.3, -0.25) is 0 Å². The fraction of sp³-hybridized carbons (Fsp3) is 0.143. The Morgan fingerprint density at radius 2 is 1.36 bits per heavy atom. The van der Waals surface area contributed by atoms with Gasteiger partial charge in [-0.05, 0) is 22.6 Å². The van der Waals surface area contributed by atoms with Crippen LogP contribution in [0, 0.1) is 0 Å². The van der Waals surface area contributed by atoms with Crippen LogP contribution >= 0.6 is 0 Å². The lowest BCUT2D eigenvalue weighted by atomic mass is 9.39. The van der Waals surface area contributed by atoms with Crippen molar-refractivity contribution in [3.05, 3.63) is 78.4 Å². The highest BCUT2D eigenvalue weighted by Crippen LogP contribution is 2.26. The summed E-state index contributed by atoms with van der Waals surface area (Å²) in [7, 11) is 0. The Bertz CT molecular complexity index is 818. The van der Waals surface area contributed by atoms with Gasteiger partial charge in [-0.1, -0.05) is 103 Å². The maximum absolute atomic E-state index is 2.39. The molecule has 3 aromatic carbocycles. The molecule has 1 heterocycles. The molecule has 0 N–H and O–H groups in total. The Hall–Kier alpha value is -2.28. The molecule has 0 atom stereocenters. The van der Waals surface area contributed by atoms with E-state index in [0.29, 0.717) is 12.6 Å². The van der Waals surface area contributed by atoms with Gasteiger partial charge >= 0.3 is 0 Å². The zero-order valence-electron chi connectivity index (χ0n) is 13.1. The zero-order chi connectivity index (χ0) is 15.1. The molecule has 0 saturated carbocycles. The Morgan fingerprint density at radius 1 is 0.682 bits per heavy atom. The Labute approximate surface area is 132 Å². The van der Waals surface area contributed by atoms with Crippen molar-refractivity contribution in [3.63, 3.8) is 0 Å². The van der Waals surface area contributed by atoms with E-state index in [0.717, 1.165) is 0 Å². The van der Waals surface area contributed by atoms with Gasteiger partial charge in [0, 0.05) is 0 Å². The van der Waals surface area contributed by atoms with E-state index in [1.165, 1.54) is 33.1 Å². The van der Waals surface area contributed by atoms with E-state index < -0.39 is 0 Å². The van der Waals surface area contributed by atoms with Crippen molar-refractivity contribution >= 4 is 23.1 Å². The molecule has 106 valence electrons. The van der Waals surface area contributed by atoms with Crippen molar-refractivity contribution in [2.75, 3.05) is 0 Å². The molecule has 0 aliphatic carbocycles. The highest BCUT2D eigenvalue weighted by molar-refractivity contribution is 6.99. The van der Waals surface area contributed by atoms with Crippen LogP contribution in [0.15, 0.2) is 72.8 Å². The second-order valence-electron chi connectivity index (χ2n) is 6.43. The summed E-state index contributed by atoms with van der Waals surface area (Å²) in [6.07, 6.45) is 0. The zero-order valence-corrected chi connectivity index (χ0v) is 13.1. The molecule has 4 rings (SSSR count). The van der Waals surface area contributed by atoms with Crippen molar-refractivity contribution < 1.29 is 0 Å². The van der Waals surface area contributed by atoms with Crippen molar-refractivity contribution in [1.82, 2.24) is 0 Å². The molecular formula is C21H19B. The van der Waals surface area contributed by atoms with Crippen LogP contribution < -0.4 is 16.4 Å². The predicted octanol–water partition coefficient (Wildman–Crippen LogP) is 3.31. The van der Waals surface area contributed by atoms with Crippen LogP contribution in [0.3, 0.4) is 0 Å². The normalized spacial score (nSPS) is 12.4. The number of hydrogen-bond donors (Lipinski definition) is 0. The van der Waals surface area contributed by atoms with Gasteiger partial charge in [0.2, 0.25) is 6.71 Å². The second-order valence-corrected chi connectivity index (χ2v) is 6.43. The van der Waals surface area contributed by atoms with E-state index in [1.54, 1.807) is 0 Å². The average Bonchev–Trinajstić information content (AvgIpc) is 2.89. The predicted molar refractivity (Wildman–Crippen MR) is 97.1 cm³/mol.